The Bertz CT molecular complexity index is 566. The average molecular weight is 299 g/mol. The summed E-state index contributed by atoms with van der Waals surface area (Å²) < 4.78 is 1.90. The predicted molar refractivity (Wildman–Crippen MR) is 77.8 cm³/mol. The molecule has 0 spiro atoms. The lowest BCUT2D eigenvalue weighted by atomic mass is 10.0. The van der Waals surface area contributed by atoms with Crippen LogP contribution >= 0.6 is 23.2 Å². The lowest BCUT2D eigenvalue weighted by Gasteiger charge is -2.21. The molecule has 2 heterocycles. The molecule has 4 nitrogen and oxygen atoms in total. The molecule has 0 aromatic carbocycles. The minimum absolute atomic E-state index is 0.118. The Morgan fingerprint density at radius 1 is 1.21 bits per heavy atom. The largest absolute Gasteiger partial charge is 0.308 e. The van der Waals surface area contributed by atoms with Crippen LogP contribution in [0.15, 0.2) is 24.7 Å². The van der Waals surface area contributed by atoms with Crippen LogP contribution in [0.2, 0.25) is 10.0 Å². The second-order valence-corrected chi connectivity index (χ2v) is 5.35. The lowest BCUT2D eigenvalue weighted by Crippen LogP contribution is -2.23. The second kappa shape index (κ2) is 5.90. The van der Waals surface area contributed by atoms with Crippen LogP contribution in [0.25, 0.3) is 0 Å². The van der Waals surface area contributed by atoms with Crippen LogP contribution in [0.4, 0.5) is 0 Å². The van der Waals surface area contributed by atoms with Crippen LogP contribution in [-0.2, 0) is 0 Å². The number of aromatic nitrogens is 3. The van der Waals surface area contributed by atoms with Crippen molar-refractivity contribution in [3.63, 3.8) is 0 Å². The minimum Gasteiger partial charge on any atom is -0.308 e. The molecule has 102 valence electrons. The first-order chi connectivity index (χ1) is 9.06. The summed E-state index contributed by atoms with van der Waals surface area (Å²) in [6.07, 6.45) is 5.01. The van der Waals surface area contributed by atoms with Crippen LogP contribution in [0.3, 0.4) is 0 Å². The summed E-state index contributed by atoms with van der Waals surface area (Å²) in [5.74, 6) is 0. The molecule has 0 amide bonds. The van der Waals surface area contributed by atoms with Crippen LogP contribution in [0.5, 0.6) is 0 Å². The van der Waals surface area contributed by atoms with Gasteiger partial charge in [0.25, 0.3) is 0 Å². The predicted octanol–water partition coefficient (Wildman–Crippen LogP) is 3.47. The van der Waals surface area contributed by atoms with Gasteiger partial charge >= 0.3 is 0 Å². The van der Waals surface area contributed by atoms with Crippen LogP contribution < -0.4 is 5.32 Å². The van der Waals surface area contributed by atoms with E-state index in [2.05, 4.69) is 29.2 Å². The van der Waals surface area contributed by atoms with E-state index in [4.69, 9.17) is 23.2 Å². The van der Waals surface area contributed by atoms with Gasteiger partial charge < -0.3 is 5.32 Å². The maximum absolute atomic E-state index is 6.28. The number of halogens is 2. The van der Waals surface area contributed by atoms with Crippen LogP contribution in [0, 0.1) is 0 Å². The topological polar surface area (TPSA) is 42.7 Å². The summed E-state index contributed by atoms with van der Waals surface area (Å²) in [6.45, 7) is 4.13. The van der Waals surface area contributed by atoms with E-state index >= 15 is 0 Å². The molecule has 0 aliphatic carbocycles. The van der Waals surface area contributed by atoms with Crippen LogP contribution in [0.1, 0.15) is 37.2 Å². The molecule has 0 fully saturated rings. The summed E-state index contributed by atoms with van der Waals surface area (Å²) in [5, 5.41) is 8.80. The van der Waals surface area contributed by atoms with Crippen molar-refractivity contribution in [3.05, 3.63) is 46.0 Å². The third kappa shape index (κ3) is 2.76. The van der Waals surface area contributed by atoms with Crippen molar-refractivity contribution in [1.82, 2.24) is 20.1 Å². The van der Waals surface area contributed by atoms with E-state index in [1.807, 2.05) is 17.8 Å². The maximum atomic E-state index is 6.28. The van der Waals surface area contributed by atoms with Crippen molar-refractivity contribution in [2.24, 2.45) is 0 Å². The van der Waals surface area contributed by atoms with Gasteiger partial charge in [-0.2, -0.15) is 5.10 Å². The Morgan fingerprint density at radius 3 is 2.53 bits per heavy atom. The lowest BCUT2D eigenvalue weighted by molar-refractivity contribution is 0.484. The first kappa shape index (κ1) is 14.3. The Balaban J connectivity index is 2.55. The zero-order chi connectivity index (χ0) is 14.0. The molecule has 1 N–H and O–H groups in total. The molecule has 0 saturated heterocycles. The van der Waals surface area contributed by atoms with E-state index in [0.29, 0.717) is 10.0 Å². The molecule has 0 bridgehead atoms. The van der Waals surface area contributed by atoms with Gasteiger partial charge in [-0.1, -0.05) is 23.2 Å². The summed E-state index contributed by atoms with van der Waals surface area (Å²) in [6, 6.07) is 1.99. The van der Waals surface area contributed by atoms with Gasteiger partial charge in [0, 0.05) is 18.4 Å². The van der Waals surface area contributed by atoms with Crippen molar-refractivity contribution < 1.29 is 0 Å². The first-order valence-electron chi connectivity index (χ1n) is 6.05. The van der Waals surface area contributed by atoms with Crippen molar-refractivity contribution in [3.8, 4) is 0 Å². The van der Waals surface area contributed by atoms with E-state index in [9.17, 15) is 0 Å². The molecule has 2 rings (SSSR count). The fourth-order valence-corrected chi connectivity index (χ4v) is 2.56. The van der Waals surface area contributed by atoms with Crippen molar-refractivity contribution in [1.29, 1.82) is 0 Å². The van der Waals surface area contributed by atoms with Gasteiger partial charge in [-0.25, -0.2) is 0 Å². The summed E-state index contributed by atoms with van der Waals surface area (Å²) in [5.41, 5.74) is 1.84. The molecule has 6 heteroatoms. The fraction of sp³-hybridized carbons (Fsp3) is 0.385. The van der Waals surface area contributed by atoms with Gasteiger partial charge in [0.15, 0.2) is 0 Å². The molecule has 19 heavy (non-hydrogen) atoms. The molecule has 1 atom stereocenters. The Morgan fingerprint density at radius 2 is 1.95 bits per heavy atom. The Labute approximate surface area is 122 Å². The first-order valence-corrected chi connectivity index (χ1v) is 6.81. The highest BCUT2D eigenvalue weighted by Gasteiger charge is 2.23. The summed E-state index contributed by atoms with van der Waals surface area (Å²) in [7, 11) is 1.87. The van der Waals surface area contributed by atoms with Crippen molar-refractivity contribution in [2.75, 3.05) is 7.05 Å². The third-order valence-electron chi connectivity index (χ3n) is 2.95. The quantitative estimate of drug-likeness (QED) is 0.940. The van der Waals surface area contributed by atoms with Gasteiger partial charge in [-0.3, -0.25) is 9.67 Å². The van der Waals surface area contributed by atoms with Gasteiger partial charge in [0.05, 0.1) is 28.0 Å². The number of nitrogens with zero attached hydrogens (tertiary/aromatic N) is 3. The summed E-state index contributed by atoms with van der Waals surface area (Å²) in [4.78, 5) is 4.01. The molecule has 2 aromatic heterocycles. The van der Waals surface area contributed by atoms with Crippen molar-refractivity contribution in [2.45, 2.75) is 25.9 Å². The van der Waals surface area contributed by atoms with E-state index < -0.39 is 0 Å². The number of hydrogen-bond donors (Lipinski definition) is 1. The van der Waals surface area contributed by atoms with E-state index in [-0.39, 0.29) is 12.1 Å². The zero-order valence-corrected chi connectivity index (χ0v) is 12.6. The Kier molecular flexibility index (Phi) is 4.45. The van der Waals surface area contributed by atoms with E-state index in [0.717, 1.165) is 11.3 Å². The highest BCUT2D eigenvalue weighted by Crippen LogP contribution is 2.32. The molecule has 1 unspecified atom stereocenters. The number of rotatable bonds is 4. The van der Waals surface area contributed by atoms with Gasteiger partial charge in [0.1, 0.15) is 0 Å². The number of hydrogen-bond acceptors (Lipinski definition) is 3. The molecule has 0 radical (unpaired) electrons. The zero-order valence-electron chi connectivity index (χ0n) is 11.1. The number of nitrogens with one attached hydrogen (secondary N) is 1. The van der Waals surface area contributed by atoms with Gasteiger partial charge in [0.2, 0.25) is 0 Å². The highest BCUT2D eigenvalue weighted by atomic mass is 35.5. The average Bonchev–Trinajstić information content (AvgIpc) is 2.75. The monoisotopic (exact) mass is 298 g/mol. The molecule has 0 aliphatic heterocycles. The van der Waals surface area contributed by atoms with Crippen LogP contribution in [-0.4, -0.2) is 21.8 Å². The Hall–Kier alpha value is -1.10. The van der Waals surface area contributed by atoms with Gasteiger partial charge in [-0.15, -0.1) is 0 Å². The van der Waals surface area contributed by atoms with Gasteiger partial charge in [-0.05, 0) is 32.5 Å². The smallest absolute Gasteiger partial charge is 0.0837 e. The molecular weight excluding hydrogens is 283 g/mol. The molecule has 0 aliphatic rings. The normalized spacial score (nSPS) is 12.9. The fourth-order valence-electron chi connectivity index (χ4n) is 2.09. The summed E-state index contributed by atoms with van der Waals surface area (Å²) >= 11 is 12.5. The second-order valence-electron chi connectivity index (χ2n) is 4.53. The highest BCUT2D eigenvalue weighted by molar-refractivity contribution is 6.32. The molecule has 0 saturated carbocycles. The molecular formula is C13H16Cl2N4. The van der Waals surface area contributed by atoms with E-state index in [1.54, 1.807) is 18.6 Å². The van der Waals surface area contributed by atoms with Crippen molar-refractivity contribution >= 4 is 23.2 Å². The minimum atomic E-state index is -0.118. The van der Waals surface area contributed by atoms with E-state index in [1.165, 1.54) is 0 Å². The standard InChI is InChI=1S/C13H16Cl2N4/c1-8(2)19-13(11(15)7-18-19)12(16-3)9-4-5-17-6-10(9)14/h4-8,12,16H,1-3H3. The maximum Gasteiger partial charge on any atom is 0.0837 e. The SMILES string of the molecule is CNC(c1ccncc1Cl)c1c(Cl)cnn1C(C)C. The molecule has 2 aromatic rings. The third-order valence-corrected chi connectivity index (χ3v) is 3.56. The number of pyridine rings is 1.